The van der Waals surface area contributed by atoms with E-state index in [0.717, 1.165) is 135 Å². The first-order chi connectivity index (χ1) is 40.5. The summed E-state index contributed by atoms with van der Waals surface area (Å²) in [6.07, 6.45) is 97.9. The van der Waals surface area contributed by atoms with E-state index in [4.69, 9.17) is 14.2 Å². The fourth-order valence-corrected chi connectivity index (χ4v) is 9.29. The number of esters is 3. The van der Waals surface area contributed by atoms with E-state index in [1.807, 2.05) is 0 Å². The van der Waals surface area contributed by atoms with Crippen molar-refractivity contribution in [2.75, 3.05) is 13.2 Å². The molecule has 0 radical (unpaired) electrons. The van der Waals surface area contributed by atoms with Crippen molar-refractivity contribution >= 4 is 17.9 Å². The van der Waals surface area contributed by atoms with Crippen LogP contribution in [-0.4, -0.2) is 37.2 Å². The number of hydrogen-bond donors (Lipinski definition) is 0. The molecule has 0 aliphatic rings. The molecule has 0 N–H and O–H groups in total. The molecule has 0 aromatic rings. The highest BCUT2D eigenvalue weighted by atomic mass is 16.6. The molecule has 1 unspecified atom stereocenters. The molecule has 0 aliphatic heterocycles. The zero-order valence-electron chi connectivity index (χ0n) is 53.5. The highest BCUT2D eigenvalue weighted by molar-refractivity contribution is 5.71. The Hall–Kier alpha value is -4.45. The smallest absolute Gasteiger partial charge is 0.306 e. The molecule has 0 spiro atoms. The fraction of sp³-hybridized carbons (Fsp3) is 0.671. The highest BCUT2D eigenvalue weighted by Gasteiger charge is 2.19. The lowest BCUT2D eigenvalue weighted by molar-refractivity contribution is -0.167. The minimum absolute atomic E-state index is 0.0877. The van der Waals surface area contributed by atoms with E-state index < -0.39 is 6.10 Å². The Morgan fingerprint density at radius 1 is 0.256 bits per heavy atom. The van der Waals surface area contributed by atoms with Crippen LogP contribution in [0.4, 0.5) is 0 Å². The molecular weight excluding hydrogens is 1010 g/mol. The number of hydrogen-bond acceptors (Lipinski definition) is 6. The van der Waals surface area contributed by atoms with E-state index in [0.29, 0.717) is 19.3 Å². The average Bonchev–Trinajstić information content (AvgIpc) is 3.47. The average molecular weight is 1140 g/mol. The molecule has 0 aromatic heterocycles. The van der Waals surface area contributed by atoms with Gasteiger partial charge >= 0.3 is 17.9 Å². The summed E-state index contributed by atoms with van der Waals surface area (Å²) in [5.41, 5.74) is 0. The first-order valence-corrected chi connectivity index (χ1v) is 34.2. The first kappa shape index (κ1) is 77.5. The van der Waals surface area contributed by atoms with E-state index in [1.54, 1.807) is 0 Å². The van der Waals surface area contributed by atoms with Gasteiger partial charge in [-0.05, 0) is 122 Å². The van der Waals surface area contributed by atoms with Gasteiger partial charge in [0.25, 0.3) is 0 Å². The number of carbonyl (C=O) groups is 3. The molecule has 0 amide bonds. The summed E-state index contributed by atoms with van der Waals surface area (Å²) in [4.78, 5) is 38.1. The third kappa shape index (κ3) is 66.4. The maximum absolute atomic E-state index is 12.9. The molecular formula is C76H126O6. The van der Waals surface area contributed by atoms with Gasteiger partial charge in [-0.15, -0.1) is 0 Å². The molecule has 0 aliphatic carbocycles. The largest absolute Gasteiger partial charge is 0.462 e. The number of allylic oxidation sites excluding steroid dienone is 22. The molecule has 0 fully saturated rings. The molecule has 0 heterocycles. The van der Waals surface area contributed by atoms with Crippen molar-refractivity contribution in [2.24, 2.45) is 0 Å². The summed E-state index contributed by atoms with van der Waals surface area (Å²) in [6, 6.07) is 0. The second-order valence-electron chi connectivity index (χ2n) is 22.4. The van der Waals surface area contributed by atoms with Crippen LogP contribution >= 0.6 is 0 Å². The molecule has 0 rings (SSSR count). The second-order valence-corrected chi connectivity index (χ2v) is 22.4. The minimum Gasteiger partial charge on any atom is -0.462 e. The van der Waals surface area contributed by atoms with Gasteiger partial charge in [-0.2, -0.15) is 0 Å². The molecule has 6 heteroatoms. The molecule has 0 aromatic carbocycles. The van der Waals surface area contributed by atoms with Crippen LogP contribution in [0.5, 0.6) is 0 Å². The van der Waals surface area contributed by atoms with Gasteiger partial charge in [0.2, 0.25) is 0 Å². The van der Waals surface area contributed by atoms with Crippen LogP contribution in [0.1, 0.15) is 310 Å². The van der Waals surface area contributed by atoms with Crippen LogP contribution in [0.2, 0.25) is 0 Å². The Morgan fingerprint density at radius 3 is 0.756 bits per heavy atom. The molecule has 0 saturated heterocycles. The summed E-state index contributed by atoms with van der Waals surface area (Å²) in [5.74, 6) is -0.920. The van der Waals surface area contributed by atoms with Crippen molar-refractivity contribution in [1.29, 1.82) is 0 Å². The molecule has 82 heavy (non-hydrogen) atoms. The van der Waals surface area contributed by atoms with Crippen molar-refractivity contribution in [1.82, 2.24) is 0 Å². The predicted molar refractivity (Wildman–Crippen MR) is 357 cm³/mol. The minimum atomic E-state index is -0.790. The lowest BCUT2D eigenvalue weighted by Gasteiger charge is -2.18. The summed E-state index contributed by atoms with van der Waals surface area (Å²) in [6.45, 7) is 6.46. The maximum Gasteiger partial charge on any atom is 0.306 e. The topological polar surface area (TPSA) is 78.9 Å². The number of rotatable bonds is 61. The molecule has 6 nitrogen and oxygen atoms in total. The van der Waals surface area contributed by atoms with E-state index >= 15 is 0 Å². The molecule has 0 saturated carbocycles. The van der Waals surface area contributed by atoms with E-state index in [-0.39, 0.29) is 31.1 Å². The van der Waals surface area contributed by atoms with Gasteiger partial charge in [0, 0.05) is 19.3 Å². The van der Waals surface area contributed by atoms with Gasteiger partial charge in [0.05, 0.1) is 0 Å². The Balaban J connectivity index is 4.15. The first-order valence-electron chi connectivity index (χ1n) is 34.2. The lowest BCUT2D eigenvalue weighted by Crippen LogP contribution is -2.30. The van der Waals surface area contributed by atoms with Crippen LogP contribution in [0.25, 0.3) is 0 Å². The summed E-state index contributed by atoms with van der Waals surface area (Å²) in [7, 11) is 0. The van der Waals surface area contributed by atoms with Gasteiger partial charge in [-0.25, -0.2) is 0 Å². The summed E-state index contributed by atoms with van der Waals surface area (Å²) < 4.78 is 16.8. The standard InChI is InChI=1S/C76H126O6/c1-4-7-10-13-16-18-20-22-24-26-28-30-32-33-34-35-36-37-38-39-40-41-42-43-45-46-48-50-52-54-56-58-60-63-66-69-75(78)81-72-73(71-80-74(77)68-65-62-15-12-9-6-3)82-76(79)70-67-64-61-59-57-55-53-51-49-47-44-31-29-27-25-23-21-19-17-14-11-8-5-2/h7,10,16,18,22,24,27-30,33-34,36-37,39-40,42-43,46,48,52,54,73H,4-6,8-9,11-15,17,19-21,23,25-26,31-32,35,38,41,44-45,47,49-51,53,55-72H2,1-3H3/b10-7-,18-16-,24-22-,29-27-,30-28-,34-33-,37-36-,40-39-,43-42-,48-46-,54-52-. The lowest BCUT2D eigenvalue weighted by atomic mass is 10.0. The van der Waals surface area contributed by atoms with Crippen LogP contribution < -0.4 is 0 Å². The monoisotopic (exact) mass is 1130 g/mol. The zero-order chi connectivity index (χ0) is 59.2. The normalized spacial score (nSPS) is 13.0. The van der Waals surface area contributed by atoms with E-state index in [2.05, 4.69) is 154 Å². The van der Waals surface area contributed by atoms with Crippen molar-refractivity contribution in [3.8, 4) is 0 Å². The van der Waals surface area contributed by atoms with Gasteiger partial charge in [-0.3, -0.25) is 14.4 Å². The van der Waals surface area contributed by atoms with Gasteiger partial charge < -0.3 is 14.2 Å². The Labute approximate surface area is 506 Å². The number of carbonyl (C=O) groups excluding carboxylic acids is 3. The van der Waals surface area contributed by atoms with Gasteiger partial charge in [0.15, 0.2) is 6.10 Å². The SMILES string of the molecule is CC/C=C\C/C=C\C/C=C\C/C=C\C/C=C\C/C=C\C/C=C\C/C=C\C/C=C\C/C=C\CCCCCCC(=O)OCC(COC(=O)CCCCCCCC)OC(=O)CCCCCCCCCCCCC/C=C\CCCCCCCCCC. The van der Waals surface area contributed by atoms with E-state index in [1.165, 1.54) is 135 Å². The second kappa shape index (κ2) is 69.0. The van der Waals surface area contributed by atoms with Crippen LogP contribution in [0.15, 0.2) is 134 Å². The number of unbranched alkanes of at least 4 members (excludes halogenated alkanes) is 28. The summed E-state index contributed by atoms with van der Waals surface area (Å²) in [5, 5.41) is 0. The number of ether oxygens (including phenoxy) is 3. The molecule has 1 atom stereocenters. The van der Waals surface area contributed by atoms with Gasteiger partial charge in [0.1, 0.15) is 13.2 Å². The van der Waals surface area contributed by atoms with Crippen LogP contribution in [0.3, 0.4) is 0 Å². The third-order valence-corrected chi connectivity index (χ3v) is 14.4. The van der Waals surface area contributed by atoms with Crippen LogP contribution in [0, 0.1) is 0 Å². The third-order valence-electron chi connectivity index (χ3n) is 14.4. The molecule has 0 bridgehead atoms. The highest BCUT2D eigenvalue weighted by Crippen LogP contribution is 2.16. The van der Waals surface area contributed by atoms with Crippen molar-refractivity contribution in [2.45, 2.75) is 316 Å². The Kier molecular flexibility index (Phi) is 65.3. The quantitative estimate of drug-likeness (QED) is 0.0261. The maximum atomic E-state index is 12.9. The Morgan fingerprint density at radius 2 is 0.476 bits per heavy atom. The summed E-state index contributed by atoms with van der Waals surface area (Å²) >= 11 is 0. The fourth-order valence-electron chi connectivity index (χ4n) is 9.29. The van der Waals surface area contributed by atoms with Crippen LogP contribution in [-0.2, 0) is 28.6 Å². The van der Waals surface area contributed by atoms with E-state index in [9.17, 15) is 14.4 Å². The van der Waals surface area contributed by atoms with Crippen molar-refractivity contribution in [3.05, 3.63) is 134 Å². The van der Waals surface area contributed by atoms with Gasteiger partial charge in [-0.1, -0.05) is 302 Å². The molecule has 466 valence electrons. The predicted octanol–water partition coefficient (Wildman–Crippen LogP) is 23.7. The zero-order valence-corrected chi connectivity index (χ0v) is 53.5. The van der Waals surface area contributed by atoms with Crippen molar-refractivity contribution < 1.29 is 28.6 Å². The Bertz CT molecular complexity index is 1730. The van der Waals surface area contributed by atoms with Crippen molar-refractivity contribution in [3.63, 3.8) is 0 Å².